The van der Waals surface area contributed by atoms with E-state index in [0.717, 1.165) is 0 Å². The van der Waals surface area contributed by atoms with E-state index in [2.05, 4.69) is 5.32 Å². The highest BCUT2D eigenvalue weighted by Gasteiger charge is 2.35. The molecule has 1 unspecified atom stereocenters. The van der Waals surface area contributed by atoms with Gasteiger partial charge in [-0.05, 0) is 11.4 Å². The molecule has 1 aliphatic heterocycles. The van der Waals surface area contributed by atoms with Crippen LogP contribution in [0.1, 0.15) is 9.67 Å². The highest BCUT2D eigenvalue weighted by atomic mass is 32.2. The van der Waals surface area contributed by atoms with Crippen LogP contribution in [0.5, 0.6) is 0 Å². The highest BCUT2D eigenvalue weighted by Crippen LogP contribution is 2.24. The maximum Gasteiger partial charge on any atom is 0.265 e. The molecule has 7 heteroatoms. The number of nitrogens with one attached hydrogen (secondary N) is 1. The van der Waals surface area contributed by atoms with E-state index in [0.29, 0.717) is 29.7 Å². The van der Waals surface area contributed by atoms with Crippen LogP contribution in [0, 0.1) is 0 Å². The first-order valence-corrected chi connectivity index (χ1v) is 7.96. The Balaban J connectivity index is 1.96. The van der Waals surface area contributed by atoms with Gasteiger partial charge in [0.05, 0.1) is 17.4 Å². The smallest absolute Gasteiger partial charge is 0.265 e. The third kappa shape index (κ3) is 3.49. The van der Waals surface area contributed by atoms with Gasteiger partial charge < -0.3 is 15.0 Å². The minimum absolute atomic E-state index is 0.0631. The van der Waals surface area contributed by atoms with Crippen LogP contribution < -0.4 is 5.32 Å². The Kier molecular flexibility index (Phi) is 5.24. The van der Waals surface area contributed by atoms with E-state index < -0.39 is 0 Å². The average molecular weight is 300 g/mol. The van der Waals surface area contributed by atoms with Gasteiger partial charge in [0, 0.05) is 19.4 Å². The van der Waals surface area contributed by atoms with E-state index in [9.17, 15) is 9.59 Å². The second kappa shape index (κ2) is 6.93. The summed E-state index contributed by atoms with van der Waals surface area (Å²) in [6.45, 7) is 0.946. The summed E-state index contributed by atoms with van der Waals surface area (Å²) in [5.74, 6) is 1.05. The van der Waals surface area contributed by atoms with Crippen LogP contribution >= 0.6 is 23.1 Å². The number of ether oxygens (including phenoxy) is 1. The Morgan fingerprint density at radius 3 is 3.11 bits per heavy atom. The van der Waals surface area contributed by atoms with Crippen LogP contribution in [-0.2, 0) is 9.53 Å². The van der Waals surface area contributed by atoms with Crippen molar-refractivity contribution in [1.29, 1.82) is 0 Å². The molecule has 5 nitrogen and oxygen atoms in total. The van der Waals surface area contributed by atoms with Gasteiger partial charge in [-0.3, -0.25) is 9.59 Å². The molecule has 2 heterocycles. The van der Waals surface area contributed by atoms with Crippen LogP contribution in [0.25, 0.3) is 0 Å². The number of carbonyl (C=O) groups excluding carboxylic acids is 2. The van der Waals surface area contributed by atoms with E-state index in [-0.39, 0.29) is 17.9 Å². The lowest BCUT2D eigenvalue weighted by atomic mass is 10.2. The minimum Gasteiger partial charge on any atom is -0.383 e. The number of nitrogens with zero attached hydrogens (tertiary/aromatic N) is 1. The molecule has 1 N–H and O–H groups in total. The first kappa shape index (κ1) is 14.4. The fraction of sp³-hybridized carbons (Fsp3) is 0.500. The zero-order chi connectivity index (χ0) is 13.7. The molecule has 2 rings (SSSR count). The molecule has 1 aromatic heterocycles. The molecule has 1 saturated heterocycles. The van der Waals surface area contributed by atoms with Crippen LogP contribution in [-0.4, -0.2) is 54.6 Å². The highest BCUT2D eigenvalue weighted by molar-refractivity contribution is 7.99. The summed E-state index contributed by atoms with van der Waals surface area (Å²) in [4.78, 5) is 26.6. The molecule has 0 spiro atoms. The Labute approximate surface area is 120 Å². The molecule has 0 saturated carbocycles. The van der Waals surface area contributed by atoms with Crippen LogP contribution in [0.2, 0.25) is 0 Å². The SMILES string of the molecule is COCCNC(=O)C1CSCN1C(=O)c1cccs1. The maximum atomic E-state index is 12.3. The number of hydrogen-bond acceptors (Lipinski definition) is 5. The average Bonchev–Trinajstić information content (AvgIpc) is 3.09. The van der Waals surface area contributed by atoms with E-state index in [1.54, 1.807) is 29.8 Å². The van der Waals surface area contributed by atoms with Crippen LogP contribution in [0.4, 0.5) is 0 Å². The lowest BCUT2D eigenvalue weighted by molar-refractivity contribution is -0.124. The van der Waals surface area contributed by atoms with Gasteiger partial charge in [-0.15, -0.1) is 23.1 Å². The van der Waals surface area contributed by atoms with Gasteiger partial charge in [0.2, 0.25) is 5.91 Å². The molecule has 1 fully saturated rings. The summed E-state index contributed by atoms with van der Waals surface area (Å²) < 4.78 is 4.89. The Bertz CT molecular complexity index is 436. The summed E-state index contributed by atoms with van der Waals surface area (Å²) in [5, 5.41) is 4.65. The summed E-state index contributed by atoms with van der Waals surface area (Å²) >= 11 is 3.00. The minimum atomic E-state index is -0.378. The molecule has 104 valence electrons. The molecular weight excluding hydrogens is 284 g/mol. The van der Waals surface area contributed by atoms with Crippen molar-refractivity contribution in [3.8, 4) is 0 Å². The van der Waals surface area contributed by atoms with Crippen molar-refractivity contribution in [2.75, 3.05) is 31.9 Å². The molecule has 1 atom stereocenters. The van der Waals surface area contributed by atoms with Gasteiger partial charge in [0.15, 0.2) is 0 Å². The van der Waals surface area contributed by atoms with E-state index >= 15 is 0 Å². The van der Waals surface area contributed by atoms with Gasteiger partial charge in [-0.1, -0.05) is 6.07 Å². The monoisotopic (exact) mass is 300 g/mol. The third-order valence-corrected chi connectivity index (χ3v) is 4.65. The normalized spacial score (nSPS) is 18.6. The fourth-order valence-corrected chi connectivity index (χ4v) is 3.63. The van der Waals surface area contributed by atoms with Crippen molar-refractivity contribution in [3.05, 3.63) is 22.4 Å². The zero-order valence-electron chi connectivity index (χ0n) is 10.6. The van der Waals surface area contributed by atoms with Gasteiger partial charge in [-0.2, -0.15) is 0 Å². The maximum absolute atomic E-state index is 12.3. The van der Waals surface area contributed by atoms with Crippen molar-refractivity contribution in [2.24, 2.45) is 0 Å². The number of methoxy groups -OCH3 is 1. The van der Waals surface area contributed by atoms with Crippen molar-refractivity contribution in [1.82, 2.24) is 10.2 Å². The van der Waals surface area contributed by atoms with Gasteiger partial charge >= 0.3 is 0 Å². The van der Waals surface area contributed by atoms with Gasteiger partial charge in [-0.25, -0.2) is 0 Å². The largest absolute Gasteiger partial charge is 0.383 e. The predicted octanol–water partition coefficient (Wildman–Crippen LogP) is 1.03. The third-order valence-electron chi connectivity index (χ3n) is 2.78. The molecule has 1 aliphatic rings. The van der Waals surface area contributed by atoms with E-state index in [1.807, 2.05) is 11.4 Å². The second-order valence-corrected chi connectivity index (χ2v) is 6.00. The van der Waals surface area contributed by atoms with Gasteiger partial charge in [0.1, 0.15) is 6.04 Å². The van der Waals surface area contributed by atoms with Crippen molar-refractivity contribution < 1.29 is 14.3 Å². The summed E-state index contributed by atoms with van der Waals surface area (Å²) in [7, 11) is 1.59. The number of hydrogen-bond donors (Lipinski definition) is 1. The first-order chi connectivity index (χ1) is 9.24. The van der Waals surface area contributed by atoms with Crippen LogP contribution in [0.3, 0.4) is 0 Å². The second-order valence-electron chi connectivity index (χ2n) is 4.05. The molecule has 0 radical (unpaired) electrons. The molecule has 0 aromatic carbocycles. The van der Waals surface area contributed by atoms with Gasteiger partial charge in [0.25, 0.3) is 5.91 Å². The molecule has 19 heavy (non-hydrogen) atoms. The van der Waals surface area contributed by atoms with E-state index in [1.165, 1.54) is 11.3 Å². The summed E-state index contributed by atoms with van der Waals surface area (Å²) in [5.41, 5.74) is 0. The summed E-state index contributed by atoms with van der Waals surface area (Å²) in [6.07, 6.45) is 0. The molecule has 1 aromatic rings. The van der Waals surface area contributed by atoms with Crippen molar-refractivity contribution in [2.45, 2.75) is 6.04 Å². The Morgan fingerprint density at radius 1 is 1.58 bits per heavy atom. The number of carbonyl (C=O) groups is 2. The lowest BCUT2D eigenvalue weighted by Gasteiger charge is -2.22. The lowest BCUT2D eigenvalue weighted by Crippen LogP contribution is -2.47. The fourth-order valence-electron chi connectivity index (χ4n) is 1.80. The first-order valence-electron chi connectivity index (χ1n) is 5.93. The van der Waals surface area contributed by atoms with Crippen molar-refractivity contribution in [3.63, 3.8) is 0 Å². The molecule has 0 bridgehead atoms. The Morgan fingerprint density at radius 2 is 2.42 bits per heavy atom. The van der Waals surface area contributed by atoms with Crippen molar-refractivity contribution >= 4 is 34.9 Å². The topological polar surface area (TPSA) is 58.6 Å². The number of thioether (sulfide) groups is 1. The van der Waals surface area contributed by atoms with Crippen LogP contribution in [0.15, 0.2) is 17.5 Å². The number of amides is 2. The zero-order valence-corrected chi connectivity index (χ0v) is 12.3. The quantitative estimate of drug-likeness (QED) is 0.825. The van der Waals surface area contributed by atoms with E-state index in [4.69, 9.17) is 4.74 Å². The predicted molar refractivity (Wildman–Crippen MR) is 76.5 cm³/mol. The standard InChI is InChI=1S/C12H16N2O3S2/c1-17-5-4-13-11(15)9-7-18-8-14(9)12(16)10-3-2-6-19-10/h2-3,6,9H,4-5,7-8H2,1H3,(H,13,15). The Hall–Kier alpha value is -1.05. The number of rotatable bonds is 5. The number of thiophene rings is 1. The molecular formula is C12H16N2O3S2. The molecule has 0 aliphatic carbocycles. The molecule has 2 amide bonds. The summed E-state index contributed by atoms with van der Waals surface area (Å²) in [6, 6.07) is 3.25.